The van der Waals surface area contributed by atoms with Crippen molar-refractivity contribution in [3.8, 4) is 0 Å². The lowest BCUT2D eigenvalue weighted by Gasteiger charge is -2.34. The molecule has 21 heavy (non-hydrogen) atoms. The van der Waals surface area contributed by atoms with Gasteiger partial charge in [0.25, 0.3) is 0 Å². The third kappa shape index (κ3) is 5.84. The molecule has 0 unspecified atom stereocenters. The molecule has 0 bridgehead atoms. The normalized spacial score (nSPS) is 19.9. The molecule has 1 aromatic rings. The molecule has 0 spiro atoms. The van der Waals surface area contributed by atoms with Gasteiger partial charge >= 0.3 is 0 Å². The lowest BCUT2D eigenvalue weighted by molar-refractivity contribution is -0.0124. The Bertz CT molecular complexity index is 432. The van der Waals surface area contributed by atoms with Crippen molar-refractivity contribution in [3.63, 3.8) is 0 Å². The molecule has 120 valence electrons. The van der Waals surface area contributed by atoms with Gasteiger partial charge in [-0.3, -0.25) is 0 Å². The number of nitrogens with one attached hydrogen (secondary N) is 1. The summed E-state index contributed by atoms with van der Waals surface area (Å²) in [4.78, 5) is 0. The van der Waals surface area contributed by atoms with Gasteiger partial charge in [-0.15, -0.1) is 0 Å². The molecule has 3 heteroatoms. The molecule has 1 N–H and O–H groups in total. The largest absolute Gasteiger partial charge is 0.462 e. The Kier molecular flexibility index (Phi) is 5.15. The first-order valence-corrected chi connectivity index (χ1v) is 8.18. The Balaban J connectivity index is 1.73. The molecule has 0 saturated heterocycles. The summed E-state index contributed by atoms with van der Waals surface area (Å²) >= 11 is 0. The van der Waals surface area contributed by atoms with Crippen LogP contribution in [-0.2, 0) is 17.9 Å². The van der Waals surface area contributed by atoms with Crippen molar-refractivity contribution in [2.24, 2.45) is 5.41 Å². The number of rotatable bonds is 5. The topological polar surface area (TPSA) is 34.4 Å². The zero-order valence-corrected chi connectivity index (χ0v) is 14.3. The van der Waals surface area contributed by atoms with E-state index in [2.05, 4.69) is 39.9 Å². The maximum atomic E-state index is 6.01. The number of hydrogen-bond acceptors (Lipinski definition) is 3. The standard InChI is InChI=1S/C18H31NO2/c1-17(2,3)19-12-15-6-7-16(21-15)13-20-14-8-10-18(4,5)11-9-14/h6-7,14,19H,8-13H2,1-5H3. The van der Waals surface area contributed by atoms with E-state index in [1.54, 1.807) is 0 Å². The molecule has 1 aliphatic carbocycles. The summed E-state index contributed by atoms with van der Waals surface area (Å²) in [6.07, 6.45) is 5.27. The van der Waals surface area contributed by atoms with Crippen LogP contribution in [0.5, 0.6) is 0 Å². The van der Waals surface area contributed by atoms with Gasteiger partial charge in [-0.25, -0.2) is 0 Å². The van der Waals surface area contributed by atoms with Crippen molar-refractivity contribution in [1.82, 2.24) is 5.32 Å². The summed E-state index contributed by atoms with van der Waals surface area (Å²) in [6, 6.07) is 4.08. The van der Waals surface area contributed by atoms with Gasteiger partial charge in [0.15, 0.2) is 0 Å². The van der Waals surface area contributed by atoms with E-state index < -0.39 is 0 Å². The second kappa shape index (κ2) is 6.53. The molecule has 1 aromatic heterocycles. The van der Waals surface area contributed by atoms with Crippen LogP contribution in [0.25, 0.3) is 0 Å². The Hall–Kier alpha value is -0.800. The van der Waals surface area contributed by atoms with Crippen LogP contribution in [0.1, 0.15) is 71.8 Å². The average molecular weight is 293 g/mol. The average Bonchev–Trinajstić information content (AvgIpc) is 2.82. The Morgan fingerprint density at radius 1 is 1.19 bits per heavy atom. The maximum absolute atomic E-state index is 6.01. The molecule has 0 aromatic carbocycles. The minimum atomic E-state index is 0.109. The smallest absolute Gasteiger partial charge is 0.129 e. The lowest BCUT2D eigenvalue weighted by atomic mass is 9.76. The predicted molar refractivity (Wildman–Crippen MR) is 86.1 cm³/mol. The van der Waals surface area contributed by atoms with Gasteiger partial charge in [0, 0.05) is 5.54 Å². The van der Waals surface area contributed by atoms with E-state index in [9.17, 15) is 0 Å². The van der Waals surface area contributed by atoms with Crippen LogP contribution in [-0.4, -0.2) is 11.6 Å². The van der Waals surface area contributed by atoms with Gasteiger partial charge in [-0.2, -0.15) is 0 Å². The van der Waals surface area contributed by atoms with Crippen molar-refractivity contribution in [2.45, 2.75) is 85.1 Å². The van der Waals surface area contributed by atoms with Gasteiger partial charge < -0.3 is 14.5 Å². The zero-order chi connectivity index (χ0) is 15.5. The molecule has 1 saturated carbocycles. The van der Waals surface area contributed by atoms with Gasteiger partial charge in [0.2, 0.25) is 0 Å². The summed E-state index contributed by atoms with van der Waals surface area (Å²) in [7, 11) is 0. The second-order valence-corrected chi connectivity index (χ2v) is 8.15. The summed E-state index contributed by atoms with van der Waals surface area (Å²) in [6.45, 7) is 12.5. The highest BCUT2D eigenvalue weighted by Gasteiger charge is 2.27. The molecule has 1 fully saturated rings. The second-order valence-electron chi connectivity index (χ2n) is 8.15. The van der Waals surface area contributed by atoms with Crippen molar-refractivity contribution in [2.75, 3.05) is 0 Å². The Morgan fingerprint density at radius 3 is 2.43 bits per heavy atom. The Morgan fingerprint density at radius 2 is 1.81 bits per heavy atom. The molecule has 0 radical (unpaired) electrons. The lowest BCUT2D eigenvalue weighted by Crippen LogP contribution is -2.34. The van der Waals surface area contributed by atoms with Crippen molar-refractivity contribution >= 4 is 0 Å². The Labute approximate surface area is 129 Å². The summed E-state index contributed by atoms with van der Waals surface area (Å²) in [5, 5.41) is 3.43. The van der Waals surface area contributed by atoms with E-state index >= 15 is 0 Å². The van der Waals surface area contributed by atoms with Crippen LogP contribution < -0.4 is 5.32 Å². The van der Waals surface area contributed by atoms with Crippen LogP contribution in [0.4, 0.5) is 0 Å². The molecule has 0 aliphatic heterocycles. The third-order valence-electron chi connectivity index (χ3n) is 4.26. The summed E-state index contributed by atoms with van der Waals surface area (Å²) in [5.41, 5.74) is 0.606. The van der Waals surface area contributed by atoms with Gasteiger partial charge in [0.05, 0.1) is 12.6 Å². The summed E-state index contributed by atoms with van der Waals surface area (Å²) in [5.74, 6) is 1.92. The van der Waals surface area contributed by atoms with Gasteiger partial charge in [-0.05, 0) is 64.0 Å². The summed E-state index contributed by atoms with van der Waals surface area (Å²) < 4.78 is 11.8. The van der Waals surface area contributed by atoms with Gasteiger partial charge in [0.1, 0.15) is 18.1 Å². The van der Waals surface area contributed by atoms with Crippen molar-refractivity contribution < 1.29 is 9.15 Å². The van der Waals surface area contributed by atoms with E-state index in [1.807, 2.05) is 12.1 Å². The minimum absolute atomic E-state index is 0.109. The molecule has 1 aliphatic rings. The highest BCUT2D eigenvalue weighted by atomic mass is 16.5. The highest BCUT2D eigenvalue weighted by Crippen LogP contribution is 2.36. The van der Waals surface area contributed by atoms with Crippen LogP contribution in [0.2, 0.25) is 0 Å². The van der Waals surface area contributed by atoms with Crippen LogP contribution in [0, 0.1) is 5.41 Å². The molecule has 1 heterocycles. The van der Waals surface area contributed by atoms with E-state index in [-0.39, 0.29) is 5.54 Å². The van der Waals surface area contributed by atoms with E-state index in [4.69, 9.17) is 9.15 Å². The van der Waals surface area contributed by atoms with E-state index in [0.717, 1.165) is 18.1 Å². The van der Waals surface area contributed by atoms with Crippen molar-refractivity contribution in [1.29, 1.82) is 0 Å². The fraction of sp³-hybridized carbons (Fsp3) is 0.778. The monoisotopic (exact) mass is 293 g/mol. The molecule has 3 nitrogen and oxygen atoms in total. The quantitative estimate of drug-likeness (QED) is 0.858. The highest BCUT2D eigenvalue weighted by molar-refractivity contribution is 5.06. The molecular weight excluding hydrogens is 262 g/mol. The number of hydrogen-bond donors (Lipinski definition) is 1. The van der Waals surface area contributed by atoms with Crippen molar-refractivity contribution in [3.05, 3.63) is 23.7 Å². The SMILES string of the molecule is CC1(C)CCC(OCc2ccc(CNC(C)(C)C)o2)CC1. The maximum Gasteiger partial charge on any atom is 0.129 e. The fourth-order valence-electron chi connectivity index (χ4n) is 2.69. The molecule has 2 rings (SSSR count). The molecule has 0 amide bonds. The van der Waals surface area contributed by atoms with E-state index in [1.165, 1.54) is 25.7 Å². The predicted octanol–water partition coefficient (Wildman–Crippen LogP) is 4.65. The molecule has 0 atom stereocenters. The van der Waals surface area contributed by atoms with Crippen LogP contribution in [0.15, 0.2) is 16.5 Å². The zero-order valence-electron chi connectivity index (χ0n) is 14.3. The van der Waals surface area contributed by atoms with Gasteiger partial charge in [-0.1, -0.05) is 13.8 Å². The van der Waals surface area contributed by atoms with Crippen LogP contribution >= 0.6 is 0 Å². The fourth-order valence-corrected chi connectivity index (χ4v) is 2.69. The minimum Gasteiger partial charge on any atom is -0.462 e. The van der Waals surface area contributed by atoms with Crippen LogP contribution in [0.3, 0.4) is 0 Å². The first-order chi connectivity index (χ1) is 9.73. The molecular formula is C18H31NO2. The van der Waals surface area contributed by atoms with E-state index in [0.29, 0.717) is 18.1 Å². The number of furan rings is 1. The third-order valence-corrected chi connectivity index (χ3v) is 4.26. The first kappa shape index (κ1) is 16.6. The number of ether oxygens (including phenoxy) is 1. The first-order valence-electron chi connectivity index (χ1n) is 8.18.